The summed E-state index contributed by atoms with van der Waals surface area (Å²) in [7, 11) is 0. The highest BCUT2D eigenvalue weighted by atomic mass is 15.2. The number of nitrogens with zero attached hydrogens (tertiary/aromatic N) is 4. The molecular weight excluding hydrogens is 250 g/mol. The van der Waals surface area contributed by atoms with Crippen molar-refractivity contribution in [2.45, 2.75) is 33.6 Å². The maximum atomic E-state index is 9.40. The van der Waals surface area contributed by atoms with E-state index in [1.165, 1.54) is 0 Å². The van der Waals surface area contributed by atoms with Gasteiger partial charge in [-0.1, -0.05) is 13.8 Å². The summed E-state index contributed by atoms with van der Waals surface area (Å²) < 4.78 is 0. The molecule has 0 fully saturated rings. The molecule has 102 valence electrons. The van der Waals surface area contributed by atoms with Gasteiger partial charge in [0.15, 0.2) is 5.82 Å². The molecule has 1 N–H and O–H groups in total. The van der Waals surface area contributed by atoms with Gasteiger partial charge in [-0.25, -0.2) is 0 Å². The van der Waals surface area contributed by atoms with Crippen LogP contribution in [-0.2, 0) is 12.8 Å². The first-order valence-electron chi connectivity index (χ1n) is 6.67. The van der Waals surface area contributed by atoms with Crippen LogP contribution in [0.25, 0.3) is 0 Å². The maximum absolute atomic E-state index is 9.40. The third-order valence-electron chi connectivity index (χ3n) is 3.13. The minimum absolute atomic E-state index is 0.493. The lowest BCUT2D eigenvalue weighted by Crippen LogP contribution is -2.07. The zero-order valence-corrected chi connectivity index (χ0v) is 11.9. The predicted molar refractivity (Wildman–Crippen MR) is 77.8 cm³/mol. The van der Waals surface area contributed by atoms with Gasteiger partial charge in [-0.3, -0.25) is 4.98 Å². The van der Waals surface area contributed by atoms with Crippen molar-refractivity contribution in [2.75, 3.05) is 5.32 Å². The molecule has 2 heterocycles. The average molecular weight is 267 g/mol. The molecule has 20 heavy (non-hydrogen) atoms. The number of aromatic nitrogens is 3. The van der Waals surface area contributed by atoms with Crippen LogP contribution in [0.3, 0.4) is 0 Å². The van der Waals surface area contributed by atoms with Gasteiger partial charge in [0.05, 0.1) is 17.6 Å². The molecule has 0 aliphatic carbocycles. The zero-order valence-electron chi connectivity index (χ0n) is 11.9. The minimum Gasteiger partial charge on any atom is -0.336 e. The first-order valence-corrected chi connectivity index (χ1v) is 6.67. The molecule has 0 atom stereocenters. The maximum Gasteiger partial charge on any atom is 0.171 e. The molecular formula is C15H17N5. The molecule has 2 rings (SSSR count). The van der Waals surface area contributed by atoms with Crippen LogP contribution in [0, 0.1) is 18.3 Å². The lowest BCUT2D eigenvalue weighted by Gasteiger charge is -2.11. The Morgan fingerprint density at radius 2 is 2.00 bits per heavy atom. The molecule has 0 aliphatic rings. The standard InChI is InChI=1S/C15H17N5/c1-4-12-13(8-16)15(20-19-14(12)5-2)18-11-7-6-10(3)17-9-11/h6-7,9H,4-5H2,1-3H3,(H,18,20). The third-order valence-corrected chi connectivity index (χ3v) is 3.13. The highest BCUT2D eigenvalue weighted by Crippen LogP contribution is 2.22. The Balaban J connectivity index is 2.42. The monoisotopic (exact) mass is 267 g/mol. The fraction of sp³-hybridized carbons (Fsp3) is 0.333. The van der Waals surface area contributed by atoms with E-state index in [-0.39, 0.29) is 0 Å². The molecule has 0 radical (unpaired) electrons. The summed E-state index contributed by atoms with van der Waals surface area (Å²) in [6.45, 7) is 5.96. The van der Waals surface area contributed by atoms with E-state index >= 15 is 0 Å². The van der Waals surface area contributed by atoms with Crippen LogP contribution >= 0.6 is 0 Å². The molecule has 5 heteroatoms. The van der Waals surface area contributed by atoms with Crippen molar-refractivity contribution in [1.29, 1.82) is 5.26 Å². The summed E-state index contributed by atoms with van der Waals surface area (Å²) in [5.41, 5.74) is 4.16. The van der Waals surface area contributed by atoms with E-state index in [9.17, 15) is 5.26 Å². The Labute approximate surface area is 118 Å². The van der Waals surface area contributed by atoms with Gasteiger partial charge in [0, 0.05) is 5.69 Å². The van der Waals surface area contributed by atoms with Crippen molar-refractivity contribution in [2.24, 2.45) is 0 Å². The van der Waals surface area contributed by atoms with Crippen molar-refractivity contribution >= 4 is 11.5 Å². The van der Waals surface area contributed by atoms with E-state index in [0.29, 0.717) is 11.4 Å². The van der Waals surface area contributed by atoms with Crippen LogP contribution in [0.4, 0.5) is 11.5 Å². The largest absolute Gasteiger partial charge is 0.336 e. The topological polar surface area (TPSA) is 74.5 Å². The van der Waals surface area contributed by atoms with Crippen molar-refractivity contribution in [3.63, 3.8) is 0 Å². The van der Waals surface area contributed by atoms with Gasteiger partial charge < -0.3 is 5.32 Å². The molecule has 0 unspecified atom stereocenters. The number of nitriles is 1. The van der Waals surface area contributed by atoms with Crippen LogP contribution in [0.15, 0.2) is 18.3 Å². The molecule has 0 saturated heterocycles. The van der Waals surface area contributed by atoms with Crippen molar-refractivity contribution in [3.8, 4) is 6.07 Å². The average Bonchev–Trinajstić information content (AvgIpc) is 2.48. The fourth-order valence-electron chi connectivity index (χ4n) is 2.06. The van der Waals surface area contributed by atoms with E-state index < -0.39 is 0 Å². The number of hydrogen-bond acceptors (Lipinski definition) is 5. The molecule has 0 spiro atoms. The Morgan fingerprint density at radius 1 is 1.20 bits per heavy atom. The van der Waals surface area contributed by atoms with E-state index in [1.807, 2.05) is 32.9 Å². The first-order chi connectivity index (χ1) is 9.69. The number of pyridine rings is 1. The van der Waals surface area contributed by atoms with Gasteiger partial charge in [0.2, 0.25) is 0 Å². The van der Waals surface area contributed by atoms with E-state index in [2.05, 4.69) is 26.6 Å². The molecule has 0 amide bonds. The number of anilines is 2. The second-order valence-electron chi connectivity index (χ2n) is 4.48. The lowest BCUT2D eigenvalue weighted by molar-refractivity contribution is 0.877. The highest BCUT2D eigenvalue weighted by Gasteiger charge is 2.14. The summed E-state index contributed by atoms with van der Waals surface area (Å²) in [6, 6.07) is 6.05. The molecule has 2 aromatic heterocycles. The first kappa shape index (κ1) is 13.9. The quantitative estimate of drug-likeness (QED) is 0.921. The van der Waals surface area contributed by atoms with Gasteiger partial charge in [-0.05, 0) is 37.5 Å². The Morgan fingerprint density at radius 3 is 2.55 bits per heavy atom. The summed E-state index contributed by atoms with van der Waals surface area (Å²) in [6.07, 6.45) is 3.26. The third kappa shape index (κ3) is 2.75. The van der Waals surface area contributed by atoms with Gasteiger partial charge in [-0.15, -0.1) is 5.10 Å². The lowest BCUT2D eigenvalue weighted by atomic mass is 10.0. The van der Waals surface area contributed by atoms with E-state index in [4.69, 9.17) is 0 Å². The Kier molecular flexibility index (Phi) is 4.26. The zero-order chi connectivity index (χ0) is 14.5. The van der Waals surface area contributed by atoms with Gasteiger partial charge in [-0.2, -0.15) is 10.4 Å². The number of rotatable bonds is 4. The Hall–Kier alpha value is -2.48. The molecule has 0 aromatic carbocycles. The second kappa shape index (κ2) is 6.11. The summed E-state index contributed by atoms with van der Waals surface area (Å²) in [5.74, 6) is 0.493. The molecule has 0 bridgehead atoms. The molecule has 0 aliphatic heterocycles. The fourth-order valence-corrected chi connectivity index (χ4v) is 2.06. The van der Waals surface area contributed by atoms with Gasteiger partial charge >= 0.3 is 0 Å². The summed E-state index contributed by atoms with van der Waals surface area (Å²) in [4.78, 5) is 4.21. The minimum atomic E-state index is 0.493. The molecule has 2 aromatic rings. The van der Waals surface area contributed by atoms with Crippen molar-refractivity contribution in [3.05, 3.63) is 40.8 Å². The smallest absolute Gasteiger partial charge is 0.171 e. The van der Waals surface area contributed by atoms with Crippen LogP contribution in [0.5, 0.6) is 0 Å². The van der Waals surface area contributed by atoms with Crippen LogP contribution in [-0.4, -0.2) is 15.2 Å². The normalized spacial score (nSPS) is 10.1. The SMILES string of the molecule is CCc1nnc(Nc2ccc(C)nc2)c(C#N)c1CC. The highest BCUT2D eigenvalue weighted by molar-refractivity contribution is 5.64. The van der Waals surface area contributed by atoms with Crippen LogP contribution in [0.1, 0.15) is 36.4 Å². The van der Waals surface area contributed by atoms with Gasteiger partial charge in [0.1, 0.15) is 11.6 Å². The Bertz CT molecular complexity index is 641. The van der Waals surface area contributed by atoms with E-state index in [1.54, 1.807) is 6.20 Å². The van der Waals surface area contributed by atoms with Crippen molar-refractivity contribution in [1.82, 2.24) is 15.2 Å². The summed E-state index contributed by atoms with van der Waals surface area (Å²) in [5, 5.41) is 20.9. The molecule has 0 saturated carbocycles. The summed E-state index contributed by atoms with van der Waals surface area (Å²) >= 11 is 0. The number of aryl methyl sites for hydroxylation is 2. The van der Waals surface area contributed by atoms with Gasteiger partial charge in [0.25, 0.3) is 0 Å². The van der Waals surface area contributed by atoms with Crippen LogP contribution < -0.4 is 5.32 Å². The van der Waals surface area contributed by atoms with E-state index in [0.717, 1.165) is 35.5 Å². The number of nitrogens with one attached hydrogen (secondary N) is 1. The predicted octanol–water partition coefficient (Wildman–Crippen LogP) is 2.92. The van der Waals surface area contributed by atoms with Crippen molar-refractivity contribution < 1.29 is 0 Å². The second-order valence-corrected chi connectivity index (χ2v) is 4.48. The number of hydrogen-bond donors (Lipinski definition) is 1. The van der Waals surface area contributed by atoms with Crippen LogP contribution in [0.2, 0.25) is 0 Å². The molecule has 5 nitrogen and oxygen atoms in total.